The molecule has 0 aliphatic heterocycles. The molecule has 0 heterocycles. The van der Waals surface area contributed by atoms with Crippen molar-refractivity contribution in [3.8, 4) is 0 Å². The van der Waals surface area contributed by atoms with E-state index < -0.39 is 10.0 Å². The summed E-state index contributed by atoms with van der Waals surface area (Å²) < 4.78 is 24.8. The second kappa shape index (κ2) is 6.52. The summed E-state index contributed by atoms with van der Waals surface area (Å²) in [6, 6.07) is 16.9. The fourth-order valence-electron chi connectivity index (χ4n) is 3.38. The van der Waals surface area contributed by atoms with Crippen LogP contribution in [0.2, 0.25) is 0 Å². The van der Waals surface area contributed by atoms with Gasteiger partial charge in [-0.05, 0) is 48.1 Å². The molecule has 2 aromatic carbocycles. The summed E-state index contributed by atoms with van der Waals surface area (Å²) in [6.07, 6.45) is 2.92. The number of carbonyl (C=O) groups is 1. The number of carbonyl (C=O) groups excluding carboxylic acids is 1. The van der Waals surface area contributed by atoms with Crippen molar-refractivity contribution in [1.82, 2.24) is 5.32 Å². The number of amides is 1. The van der Waals surface area contributed by atoms with E-state index in [4.69, 9.17) is 0 Å². The zero-order valence-electron chi connectivity index (χ0n) is 14.3. The number of sulfonamides is 1. The first-order valence-electron chi connectivity index (χ1n) is 8.19. The molecule has 2 N–H and O–H groups in total. The van der Waals surface area contributed by atoms with E-state index in [9.17, 15) is 13.2 Å². The maximum Gasteiger partial charge on any atom is 0.251 e. The largest absolute Gasteiger partial charge is 0.349 e. The zero-order chi connectivity index (χ0) is 18.1. The van der Waals surface area contributed by atoms with Gasteiger partial charge in [0, 0.05) is 17.3 Å². The first-order chi connectivity index (χ1) is 11.8. The molecular weight excluding hydrogens is 336 g/mol. The van der Waals surface area contributed by atoms with Gasteiger partial charge in [0.1, 0.15) is 0 Å². The summed E-state index contributed by atoms with van der Waals surface area (Å²) in [5.41, 5.74) is 2.38. The van der Waals surface area contributed by atoms with Crippen molar-refractivity contribution in [3.05, 3.63) is 65.7 Å². The van der Waals surface area contributed by atoms with E-state index in [0.29, 0.717) is 11.3 Å². The van der Waals surface area contributed by atoms with Crippen molar-refractivity contribution in [2.45, 2.75) is 31.2 Å². The second-order valence-electron chi connectivity index (χ2n) is 6.96. The van der Waals surface area contributed by atoms with Gasteiger partial charge in [-0.3, -0.25) is 9.52 Å². The maximum atomic E-state index is 12.3. The van der Waals surface area contributed by atoms with Gasteiger partial charge in [-0.25, -0.2) is 8.42 Å². The number of benzene rings is 2. The predicted octanol–water partition coefficient (Wildman–Crippen LogP) is 2.91. The lowest BCUT2D eigenvalue weighted by Gasteiger charge is -2.46. The van der Waals surface area contributed by atoms with E-state index in [1.807, 2.05) is 18.2 Å². The lowest BCUT2D eigenvalue weighted by atomic mass is 9.63. The number of hydrogen-bond donors (Lipinski definition) is 2. The van der Waals surface area contributed by atoms with Gasteiger partial charge >= 0.3 is 0 Å². The standard InChI is InChI=1S/C19H22N2O3S/c1-19(15-6-4-3-5-7-15)12-17(13-19)20-18(22)14-8-10-16(11-9-14)21-25(2,23)24/h3-11,17,21H,12-13H2,1-2H3,(H,20,22). The monoisotopic (exact) mass is 358 g/mol. The second-order valence-corrected chi connectivity index (χ2v) is 8.71. The molecule has 3 rings (SSSR count). The van der Waals surface area contributed by atoms with Crippen LogP contribution in [-0.2, 0) is 15.4 Å². The Morgan fingerprint density at radius 3 is 2.20 bits per heavy atom. The highest BCUT2D eigenvalue weighted by Crippen LogP contribution is 2.43. The minimum atomic E-state index is -3.31. The van der Waals surface area contributed by atoms with Crippen molar-refractivity contribution < 1.29 is 13.2 Å². The summed E-state index contributed by atoms with van der Waals surface area (Å²) in [4.78, 5) is 12.3. The minimum Gasteiger partial charge on any atom is -0.349 e. The Balaban J connectivity index is 1.57. The normalized spacial score (nSPS) is 22.7. The molecule has 0 aromatic heterocycles. The van der Waals surface area contributed by atoms with E-state index >= 15 is 0 Å². The molecule has 0 spiro atoms. The molecule has 0 saturated heterocycles. The molecule has 1 fully saturated rings. The summed E-state index contributed by atoms with van der Waals surface area (Å²) in [7, 11) is -3.31. The van der Waals surface area contributed by atoms with Gasteiger partial charge in [-0.1, -0.05) is 37.3 Å². The highest BCUT2D eigenvalue weighted by Gasteiger charge is 2.42. The lowest BCUT2D eigenvalue weighted by molar-refractivity contribution is 0.0874. The van der Waals surface area contributed by atoms with Crippen molar-refractivity contribution in [2.75, 3.05) is 11.0 Å². The summed E-state index contributed by atoms with van der Waals surface area (Å²) >= 11 is 0. The van der Waals surface area contributed by atoms with Crippen LogP contribution in [0.15, 0.2) is 54.6 Å². The Labute approximate surface area is 148 Å². The van der Waals surface area contributed by atoms with E-state index in [-0.39, 0.29) is 17.4 Å². The average Bonchev–Trinajstić information content (AvgIpc) is 2.53. The van der Waals surface area contributed by atoms with Crippen molar-refractivity contribution in [2.24, 2.45) is 0 Å². The van der Waals surface area contributed by atoms with E-state index in [2.05, 4.69) is 29.1 Å². The van der Waals surface area contributed by atoms with Crippen LogP contribution in [-0.4, -0.2) is 26.6 Å². The van der Waals surface area contributed by atoms with Crippen LogP contribution in [0, 0.1) is 0 Å². The van der Waals surface area contributed by atoms with Gasteiger partial charge in [-0.15, -0.1) is 0 Å². The molecule has 1 saturated carbocycles. The van der Waals surface area contributed by atoms with Gasteiger partial charge in [0.05, 0.1) is 6.26 Å². The number of hydrogen-bond acceptors (Lipinski definition) is 3. The number of nitrogens with one attached hydrogen (secondary N) is 2. The Morgan fingerprint density at radius 2 is 1.64 bits per heavy atom. The molecule has 1 aliphatic carbocycles. The molecular formula is C19H22N2O3S. The van der Waals surface area contributed by atoms with E-state index in [0.717, 1.165) is 19.1 Å². The maximum absolute atomic E-state index is 12.3. The van der Waals surface area contributed by atoms with Crippen molar-refractivity contribution in [1.29, 1.82) is 0 Å². The van der Waals surface area contributed by atoms with E-state index in [1.54, 1.807) is 24.3 Å². The SMILES string of the molecule is CC1(c2ccccc2)CC(NC(=O)c2ccc(NS(C)(=O)=O)cc2)C1. The summed E-state index contributed by atoms with van der Waals surface area (Å²) in [6.45, 7) is 2.22. The smallest absolute Gasteiger partial charge is 0.251 e. The van der Waals surface area contributed by atoms with Crippen LogP contribution >= 0.6 is 0 Å². The molecule has 0 bridgehead atoms. The van der Waals surface area contributed by atoms with Gasteiger partial charge in [-0.2, -0.15) is 0 Å². The fourth-order valence-corrected chi connectivity index (χ4v) is 3.94. The molecule has 132 valence electrons. The van der Waals surface area contributed by atoms with Crippen LogP contribution in [0.4, 0.5) is 5.69 Å². The number of anilines is 1. The molecule has 5 nitrogen and oxygen atoms in total. The van der Waals surface area contributed by atoms with Gasteiger partial charge in [0.25, 0.3) is 5.91 Å². The van der Waals surface area contributed by atoms with Crippen LogP contribution in [0.1, 0.15) is 35.7 Å². The molecule has 25 heavy (non-hydrogen) atoms. The summed E-state index contributed by atoms with van der Waals surface area (Å²) in [5.74, 6) is -0.133. The molecule has 6 heteroatoms. The number of rotatable bonds is 5. The molecule has 1 amide bonds. The highest BCUT2D eigenvalue weighted by atomic mass is 32.2. The van der Waals surface area contributed by atoms with Crippen LogP contribution < -0.4 is 10.0 Å². The van der Waals surface area contributed by atoms with Gasteiger partial charge < -0.3 is 5.32 Å². The average molecular weight is 358 g/mol. The minimum absolute atomic E-state index is 0.114. The molecule has 1 aliphatic rings. The lowest BCUT2D eigenvalue weighted by Crippen LogP contribution is -2.51. The Morgan fingerprint density at radius 1 is 1.04 bits per heavy atom. The quantitative estimate of drug-likeness (QED) is 0.863. The first-order valence-corrected chi connectivity index (χ1v) is 10.1. The Hall–Kier alpha value is -2.34. The van der Waals surface area contributed by atoms with E-state index in [1.165, 1.54) is 5.56 Å². The molecule has 0 radical (unpaired) electrons. The molecule has 0 unspecified atom stereocenters. The van der Waals surface area contributed by atoms with Gasteiger partial charge in [0.15, 0.2) is 0 Å². The van der Waals surface area contributed by atoms with Crippen LogP contribution in [0.25, 0.3) is 0 Å². The first kappa shape index (κ1) is 17.5. The van der Waals surface area contributed by atoms with Gasteiger partial charge in [0.2, 0.25) is 10.0 Å². The third kappa shape index (κ3) is 4.20. The third-order valence-corrected chi connectivity index (χ3v) is 5.26. The topological polar surface area (TPSA) is 75.3 Å². The highest BCUT2D eigenvalue weighted by molar-refractivity contribution is 7.92. The Kier molecular flexibility index (Phi) is 4.56. The van der Waals surface area contributed by atoms with Crippen molar-refractivity contribution >= 4 is 21.6 Å². The molecule has 0 atom stereocenters. The third-order valence-electron chi connectivity index (χ3n) is 4.65. The predicted molar refractivity (Wildman–Crippen MR) is 99.2 cm³/mol. The van der Waals surface area contributed by atoms with Crippen LogP contribution in [0.5, 0.6) is 0 Å². The summed E-state index contributed by atoms with van der Waals surface area (Å²) in [5, 5.41) is 3.05. The Bertz CT molecular complexity index is 855. The molecule has 2 aromatic rings. The van der Waals surface area contributed by atoms with Crippen molar-refractivity contribution in [3.63, 3.8) is 0 Å². The van der Waals surface area contributed by atoms with Crippen LogP contribution in [0.3, 0.4) is 0 Å². The zero-order valence-corrected chi connectivity index (χ0v) is 15.1. The fraction of sp³-hybridized carbons (Fsp3) is 0.316.